The lowest BCUT2D eigenvalue weighted by Gasteiger charge is -2.06. The van der Waals surface area contributed by atoms with Gasteiger partial charge in [0.1, 0.15) is 5.69 Å². The third kappa shape index (κ3) is 3.16. The van der Waals surface area contributed by atoms with Crippen molar-refractivity contribution in [3.05, 3.63) is 51.9 Å². The quantitative estimate of drug-likeness (QED) is 0.843. The van der Waals surface area contributed by atoms with Crippen LogP contribution in [0.25, 0.3) is 0 Å². The van der Waals surface area contributed by atoms with E-state index in [1.54, 1.807) is 6.07 Å². The second-order valence-electron chi connectivity index (χ2n) is 3.37. The zero-order chi connectivity index (χ0) is 12.3. The van der Waals surface area contributed by atoms with Crippen molar-refractivity contribution >= 4 is 39.9 Å². The Kier molecular flexibility index (Phi) is 3.58. The standard InChI is InChI=1S/C12H9IN2O2/c13-8-1-3-9(4-2-8)15-10-5-6-14-11(7-10)12(16)17/h1-7H,(H,14,15)(H,16,17). The Hall–Kier alpha value is -1.63. The molecule has 0 fully saturated rings. The maximum absolute atomic E-state index is 10.8. The molecule has 0 spiro atoms. The first-order valence-electron chi connectivity index (χ1n) is 4.87. The fourth-order valence-corrected chi connectivity index (χ4v) is 1.68. The number of nitrogens with one attached hydrogen (secondary N) is 1. The van der Waals surface area contributed by atoms with Crippen molar-refractivity contribution < 1.29 is 9.90 Å². The molecule has 1 aromatic carbocycles. The predicted octanol–water partition coefficient (Wildman–Crippen LogP) is 3.13. The van der Waals surface area contributed by atoms with Gasteiger partial charge in [0, 0.05) is 21.1 Å². The van der Waals surface area contributed by atoms with Gasteiger partial charge in [0.25, 0.3) is 0 Å². The molecule has 0 saturated carbocycles. The number of hydrogen-bond acceptors (Lipinski definition) is 3. The maximum atomic E-state index is 10.8. The van der Waals surface area contributed by atoms with E-state index in [-0.39, 0.29) is 5.69 Å². The zero-order valence-electron chi connectivity index (χ0n) is 8.72. The van der Waals surface area contributed by atoms with Gasteiger partial charge in [-0.1, -0.05) is 0 Å². The second-order valence-corrected chi connectivity index (χ2v) is 4.61. The van der Waals surface area contributed by atoms with Gasteiger partial charge in [-0.25, -0.2) is 9.78 Å². The topological polar surface area (TPSA) is 62.2 Å². The number of aromatic carboxylic acids is 1. The Bertz CT molecular complexity index is 540. The molecule has 2 aromatic rings. The average molecular weight is 340 g/mol. The molecule has 4 nitrogen and oxygen atoms in total. The van der Waals surface area contributed by atoms with Crippen LogP contribution in [0.15, 0.2) is 42.6 Å². The molecule has 2 rings (SSSR count). The summed E-state index contributed by atoms with van der Waals surface area (Å²) in [5.74, 6) is -1.03. The van der Waals surface area contributed by atoms with Crippen molar-refractivity contribution in [3.63, 3.8) is 0 Å². The van der Waals surface area contributed by atoms with Crippen LogP contribution >= 0.6 is 22.6 Å². The van der Waals surface area contributed by atoms with Gasteiger partial charge in [0.15, 0.2) is 0 Å². The Balaban J connectivity index is 2.21. The molecule has 0 amide bonds. The van der Waals surface area contributed by atoms with Crippen LogP contribution in [0.4, 0.5) is 11.4 Å². The first-order valence-corrected chi connectivity index (χ1v) is 5.95. The molecule has 0 atom stereocenters. The van der Waals surface area contributed by atoms with E-state index in [9.17, 15) is 4.79 Å². The number of carboxylic acid groups (broad SMARTS) is 1. The molecule has 5 heteroatoms. The van der Waals surface area contributed by atoms with Crippen LogP contribution < -0.4 is 5.32 Å². The molecule has 2 N–H and O–H groups in total. The summed E-state index contributed by atoms with van der Waals surface area (Å²) < 4.78 is 1.15. The van der Waals surface area contributed by atoms with Crippen LogP contribution in [0.1, 0.15) is 10.5 Å². The number of nitrogens with zero attached hydrogens (tertiary/aromatic N) is 1. The average Bonchev–Trinajstić information content (AvgIpc) is 2.32. The number of hydrogen-bond donors (Lipinski definition) is 2. The number of carbonyl (C=O) groups is 1. The highest BCUT2D eigenvalue weighted by molar-refractivity contribution is 14.1. The Morgan fingerprint density at radius 2 is 1.88 bits per heavy atom. The van der Waals surface area contributed by atoms with Crippen molar-refractivity contribution in [3.8, 4) is 0 Å². The minimum absolute atomic E-state index is 0.0283. The molecule has 1 aromatic heterocycles. The van der Waals surface area contributed by atoms with Crippen LogP contribution in [-0.2, 0) is 0 Å². The minimum Gasteiger partial charge on any atom is -0.477 e. The molecule has 0 bridgehead atoms. The van der Waals surface area contributed by atoms with Gasteiger partial charge in [-0.15, -0.1) is 0 Å². The molecular weight excluding hydrogens is 331 g/mol. The monoisotopic (exact) mass is 340 g/mol. The van der Waals surface area contributed by atoms with Crippen molar-refractivity contribution in [1.82, 2.24) is 4.98 Å². The number of carboxylic acids is 1. The summed E-state index contributed by atoms with van der Waals surface area (Å²) in [7, 11) is 0. The van der Waals surface area contributed by atoms with Gasteiger partial charge < -0.3 is 10.4 Å². The number of aromatic nitrogens is 1. The fourth-order valence-electron chi connectivity index (χ4n) is 1.33. The smallest absolute Gasteiger partial charge is 0.354 e. The summed E-state index contributed by atoms with van der Waals surface area (Å²) in [5.41, 5.74) is 1.65. The van der Waals surface area contributed by atoms with Crippen LogP contribution in [0.5, 0.6) is 0 Å². The van der Waals surface area contributed by atoms with E-state index in [1.807, 2.05) is 24.3 Å². The number of benzene rings is 1. The normalized spacial score (nSPS) is 9.94. The van der Waals surface area contributed by atoms with Gasteiger partial charge in [-0.3, -0.25) is 0 Å². The van der Waals surface area contributed by atoms with Crippen molar-refractivity contribution in [2.24, 2.45) is 0 Å². The summed E-state index contributed by atoms with van der Waals surface area (Å²) in [5, 5.41) is 11.9. The Labute approximate surface area is 112 Å². The minimum atomic E-state index is -1.03. The van der Waals surface area contributed by atoms with Crippen LogP contribution in [0, 0.1) is 3.57 Å². The predicted molar refractivity (Wildman–Crippen MR) is 73.6 cm³/mol. The Morgan fingerprint density at radius 3 is 2.53 bits per heavy atom. The van der Waals surface area contributed by atoms with Gasteiger partial charge >= 0.3 is 5.97 Å². The number of rotatable bonds is 3. The maximum Gasteiger partial charge on any atom is 0.354 e. The largest absolute Gasteiger partial charge is 0.477 e. The first-order chi connectivity index (χ1) is 8.15. The molecule has 0 radical (unpaired) electrons. The fraction of sp³-hybridized carbons (Fsp3) is 0. The van der Waals surface area contributed by atoms with E-state index in [4.69, 9.17) is 5.11 Å². The molecule has 0 aliphatic rings. The van der Waals surface area contributed by atoms with E-state index in [0.29, 0.717) is 5.69 Å². The summed E-state index contributed by atoms with van der Waals surface area (Å²) in [6, 6.07) is 11.0. The highest BCUT2D eigenvalue weighted by Gasteiger charge is 2.04. The highest BCUT2D eigenvalue weighted by atomic mass is 127. The van der Waals surface area contributed by atoms with Gasteiger partial charge in [-0.05, 0) is 59.0 Å². The molecule has 0 aliphatic heterocycles. The third-order valence-electron chi connectivity index (χ3n) is 2.11. The van der Waals surface area contributed by atoms with E-state index < -0.39 is 5.97 Å². The Morgan fingerprint density at radius 1 is 1.18 bits per heavy atom. The lowest BCUT2D eigenvalue weighted by Crippen LogP contribution is -2.01. The molecule has 17 heavy (non-hydrogen) atoms. The molecule has 0 aliphatic carbocycles. The summed E-state index contributed by atoms with van der Waals surface area (Å²) in [6.07, 6.45) is 1.47. The second kappa shape index (κ2) is 5.13. The van der Waals surface area contributed by atoms with Crippen molar-refractivity contribution in [2.45, 2.75) is 0 Å². The van der Waals surface area contributed by atoms with Gasteiger partial charge in [0.05, 0.1) is 0 Å². The highest BCUT2D eigenvalue weighted by Crippen LogP contribution is 2.17. The van der Waals surface area contributed by atoms with Crippen LogP contribution in [-0.4, -0.2) is 16.1 Å². The molecule has 0 unspecified atom stereocenters. The van der Waals surface area contributed by atoms with Crippen LogP contribution in [0.3, 0.4) is 0 Å². The molecule has 0 saturated heterocycles. The number of halogens is 1. The van der Waals surface area contributed by atoms with Crippen molar-refractivity contribution in [2.75, 3.05) is 5.32 Å². The number of anilines is 2. The number of pyridine rings is 1. The lowest BCUT2D eigenvalue weighted by molar-refractivity contribution is 0.0690. The van der Waals surface area contributed by atoms with E-state index in [2.05, 4.69) is 32.9 Å². The first kappa shape index (κ1) is 11.8. The van der Waals surface area contributed by atoms with Crippen LogP contribution in [0.2, 0.25) is 0 Å². The molecule has 1 heterocycles. The summed E-state index contributed by atoms with van der Waals surface area (Å²) in [4.78, 5) is 14.5. The van der Waals surface area contributed by atoms with Crippen molar-refractivity contribution in [1.29, 1.82) is 0 Å². The van der Waals surface area contributed by atoms with E-state index in [0.717, 1.165) is 9.26 Å². The summed E-state index contributed by atoms with van der Waals surface area (Å²) in [6.45, 7) is 0. The lowest BCUT2D eigenvalue weighted by atomic mass is 10.3. The molecular formula is C12H9IN2O2. The zero-order valence-corrected chi connectivity index (χ0v) is 10.9. The van der Waals surface area contributed by atoms with E-state index >= 15 is 0 Å². The SMILES string of the molecule is O=C(O)c1cc(Nc2ccc(I)cc2)ccn1. The summed E-state index contributed by atoms with van der Waals surface area (Å²) >= 11 is 2.23. The van der Waals surface area contributed by atoms with E-state index in [1.165, 1.54) is 12.3 Å². The van der Waals surface area contributed by atoms with Gasteiger partial charge in [0.2, 0.25) is 0 Å². The molecule has 86 valence electrons. The van der Waals surface area contributed by atoms with Gasteiger partial charge in [-0.2, -0.15) is 0 Å². The third-order valence-corrected chi connectivity index (χ3v) is 2.83.